The third kappa shape index (κ3) is 2.15. The minimum atomic E-state index is -0.716. The molecule has 0 aromatic rings. The first-order valence-corrected chi connectivity index (χ1v) is 6.95. The molecule has 0 amide bonds. The van der Waals surface area contributed by atoms with Crippen LogP contribution in [0.2, 0.25) is 0 Å². The average Bonchev–Trinajstić information content (AvgIpc) is 2.25. The van der Waals surface area contributed by atoms with Crippen LogP contribution in [0.15, 0.2) is 11.3 Å². The van der Waals surface area contributed by atoms with Crippen molar-refractivity contribution in [3.63, 3.8) is 0 Å². The number of esters is 1. The molecule has 3 nitrogen and oxygen atoms in total. The molecule has 18 heavy (non-hydrogen) atoms. The van der Waals surface area contributed by atoms with E-state index in [1.807, 2.05) is 6.92 Å². The fourth-order valence-electron chi connectivity index (χ4n) is 3.23. The Kier molecular flexibility index (Phi) is 3.43. The van der Waals surface area contributed by atoms with E-state index in [-0.39, 0.29) is 5.97 Å². The molecule has 1 aliphatic heterocycles. The van der Waals surface area contributed by atoms with E-state index in [4.69, 9.17) is 9.47 Å². The van der Waals surface area contributed by atoms with Gasteiger partial charge in [0.2, 0.25) is 0 Å². The topological polar surface area (TPSA) is 35.5 Å². The number of hydrogen-bond acceptors (Lipinski definition) is 3. The lowest BCUT2D eigenvalue weighted by Crippen LogP contribution is -2.52. The highest BCUT2D eigenvalue weighted by atomic mass is 16.7. The summed E-state index contributed by atoms with van der Waals surface area (Å²) in [6, 6.07) is 0. The van der Waals surface area contributed by atoms with Crippen LogP contribution in [0.3, 0.4) is 0 Å². The Hall–Kier alpha value is -0.990. The van der Waals surface area contributed by atoms with E-state index in [9.17, 15) is 4.79 Å². The number of ether oxygens (including phenoxy) is 2. The van der Waals surface area contributed by atoms with Crippen molar-refractivity contribution in [3.05, 3.63) is 11.3 Å². The molecule has 0 bridgehead atoms. The molecule has 3 heteroatoms. The lowest BCUT2D eigenvalue weighted by atomic mass is 9.72. The second-order valence-electron chi connectivity index (χ2n) is 6.22. The first-order chi connectivity index (χ1) is 8.35. The summed E-state index contributed by atoms with van der Waals surface area (Å²) >= 11 is 0. The van der Waals surface area contributed by atoms with Crippen molar-refractivity contribution in [1.29, 1.82) is 0 Å². The van der Waals surface area contributed by atoms with Gasteiger partial charge in [0.25, 0.3) is 5.79 Å². The van der Waals surface area contributed by atoms with E-state index in [1.54, 1.807) is 6.92 Å². The van der Waals surface area contributed by atoms with Gasteiger partial charge in [-0.15, -0.1) is 0 Å². The molecule has 0 aromatic heterocycles. The van der Waals surface area contributed by atoms with Crippen LogP contribution in [-0.2, 0) is 14.3 Å². The van der Waals surface area contributed by atoms with Crippen molar-refractivity contribution >= 4 is 5.97 Å². The maximum absolute atomic E-state index is 12.0. The fraction of sp³-hybridized carbons (Fsp3) is 0.800. The molecule has 102 valence electrons. The molecule has 2 aliphatic rings. The predicted octanol–water partition coefficient (Wildman–Crippen LogP) is 3.64. The van der Waals surface area contributed by atoms with Crippen molar-refractivity contribution < 1.29 is 14.3 Å². The van der Waals surface area contributed by atoms with E-state index in [1.165, 1.54) is 6.42 Å². The molecule has 2 unspecified atom stereocenters. The van der Waals surface area contributed by atoms with Gasteiger partial charge in [-0.1, -0.05) is 20.8 Å². The summed E-state index contributed by atoms with van der Waals surface area (Å²) in [6.45, 7) is 10.2. The molecule has 0 N–H and O–H groups in total. The van der Waals surface area contributed by atoms with E-state index in [2.05, 4.69) is 20.8 Å². The zero-order valence-corrected chi connectivity index (χ0v) is 12.1. The SMILES string of the molecule is CC1=C(C)C(=O)O[C@]2(CC(C)CCC2C(C)C)O1. The number of carbonyl (C=O) groups excluding carboxylic acids is 1. The van der Waals surface area contributed by atoms with Crippen molar-refractivity contribution in [2.75, 3.05) is 0 Å². The van der Waals surface area contributed by atoms with Crippen LogP contribution < -0.4 is 0 Å². The van der Waals surface area contributed by atoms with Crippen LogP contribution in [0, 0.1) is 17.8 Å². The third-order valence-electron chi connectivity index (χ3n) is 4.40. The first-order valence-electron chi connectivity index (χ1n) is 6.95. The van der Waals surface area contributed by atoms with Gasteiger partial charge >= 0.3 is 5.97 Å². The van der Waals surface area contributed by atoms with Crippen LogP contribution in [-0.4, -0.2) is 11.8 Å². The van der Waals surface area contributed by atoms with Crippen LogP contribution >= 0.6 is 0 Å². The highest BCUT2D eigenvalue weighted by Crippen LogP contribution is 2.47. The molecule has 2 rings (SSSR count). The number of rotatable bonds is 1. The maximum atomic E-state index is 12.0. The molecule has 1 fully saturated rings. The lowest BCUT2D eigenvalue weighted by molar-refractivity contribution is -0.269. The average molecular weight is 252 g/mol. The lowest BCUT2D eigenvalue weighted by Gasteiger charge is -2.48. The maximum Gasteiger partial charge on any atom is 0.340 e. The summed E-state index contributed by atoms with van der Waals surface area (Å²) in [5.41, 5.74) is 0.598. The minimum absolute atomic E-state index is 0.210. The van der Waals surface area contributed by atoms with Crippen LogP contribution in [0.4, 0.5) is 0 Å². The molecule has 0 aromatic carbocycles. The second kappa shape index (κ2) is 4.60. The van der Waals surface area contributed by atoms with Crippen molar-refractivity contribution in [2.24, 2.45) is 17.8 Å². The predicted molar refractivity (Wildman–Crippen MR) is 69.6 cm³/mol. The highest BCUT2D eigenvalue weighted by molar-refractivity contribution is 5.89. The molecule has 1 heterocycles. The quantitative estimate of drug-likeness (QED) is 0.668. The molecular weight excluding hydrogens is 228 g/mol. The van der Waals surface area contributed by atoms with Crippen LogP contribution in [0.5, 0.6) is 0 Å². The Labute approximate surface area is 110 Å². The zero-order valence-electron chi connectivity index (χ0n) is 12.1. The number of carbonyl (C=O) groups is 1. The summed E-state index contributed by atoms with van der Waals surface area (Å²) < 4.78 is 11.8. The highest BCUT2D eigenvalue weighted by Gasteiger charge is 2.52. The standard InChI is InChI=1S/C15H24O3/c1-9(2)13-7-6-10(3)8-15(13)17-12(5)11(4)14(16)18-15/h9-10,13H,6-8H2,1-5H3/t10?,13?,15-/m0/s1. The first kappa shape index (κ1) is 13.4. The summed E-state index contributed by atoms with van der Waals surface area (Å²) in [7, 11) is 0. The van der Waals surface area contributed by atoms with E-state index in [0.29, 0.717) is 23.3 Å². The number of hydrogen-bond donors (Lipinski definition) is 0. The van der Waals surface area contributed by atoms with Gasteiger partial charge in [0, 0.05) is 12.3 Å². The van der Waals surface area contributed by atoms with Gasteiger partial charge in [-0.3, -0.25) is 0 Å². The smallest absolute Gasteiger partial charge is 0.340 e. The monoisotopic (exact) mass is 252 g/mol. The molecule has 0 radical (unpaired) electrons. The molecule has 3 atom stereocenters. The molecule has 1 spiro atoms. The van der Waals surface area contributed by atoms with Crippen molar-refractivity contribution in [2.45, 2.75) is 59.7 Å². The Balaban J connectivity index is 2.35. The van der Waals surface area contributed by atoms with Crippen molar-refractivity contribution in [1.82, 2.24) is 0 Å². The summed E-state index contributed by atoms with van der Waals surface area (Å²) in [5, 5.41) is 0. The molecular formula is C15H24O3. The third-order valence-corrected chi connectivity index (χ3v) is 4.40. The van der Waals surface area contributed by atoms with Gasteiger partial charge in [-0.25, -0.2) is 4.79 Å². The number of allylic oxidation sites excluding steroid dienone is 1. The van der Waals surface area contributed by atoms with Gasteiger partial charge in [-0.05, 0) is 38.5 Å². The second-order valence-corrected chi connectivity index (χ2v) is 6.22. The van der Waals surface area contributed by atoms with Crippen molar-refractivity contribution in [3.8, 4) is 0 Å². The van der Waals surface area contributed by atoms with Crippen LogP contribution in [0.25, 0.3) is 0 Å². The Morgan fingerprint density at radius 1 is 1.22 bits per heavy atom. The summed E-state index contributed by atoms with van der Waals surface area (Å²) in [4.78, 5) is 12.0. The van der Waals surface area contributed by atoms with E-state index >= 15 is 0 Å². The Bertz CT molecular complexity index is 383. The van der Waals surface area contributed by atoms with Gasteiger partial charge in [-0.2, -0.15) is 0 Å². The Morgan fingerprint density at radius 2 is 1.89 bits per heavy atom. The van der Waals surface area contributed by atoms with Gasteiger partial charge in [0.15, 0.2) is 0 Å². The van der Waals surface area contributed by atoms with Gasteiger partial charge in [0.1, 0.15) is 5.76 Å². The van der Waals surface area contributed by atoms with E-state index in [0.717, 1.165) is 18.6 Å². The zero-order chi connectivity index (χ0) is 13.5. The molecule has 0 saturated heterocycles. The largest absolute Gasteiger partial charge is 0.456 e. The normalized spacial score (nSPS) is 36.9. The van der Waals surface area contributed by atoms with E-state index < -0.39 is 5.79 Å². The molecule has 1 aliphatic carbocycles. The fourth-order valence-corrected chi connectivity index (χ4v) is 3.23. The van der Waals surface area contributed by atoms with Gasteiger partial charge in [0.05, 0.1) is 5.57 Å². The Morgan fingerprint density at radius 3 is 2.44 bits per heavy atom. The summed E-state index contributed by atoms with van der Waals surface area (Å²) in [6.07, 6.45) is 3.07. The molecule has 1 saturated carbocycles. The van der Waals surface area contributed by atoms with Crippen LogP contribution in [0.1, 0.15) is 53.9 Å². The minimum Gasteiger partial charge on any atom is -0.456 e. The van der Waals surface area contributed by atoms with Gasteiger partial charge < -0.3 is 9.47 Å². The summed E-state index contributed by atoms with van der Waals surface area (Å²) in [5.74, 6) is 1.09.